The lowest BCUT2D eigenvalue weighted by Gasteiger charge is -2.26. The van der Waals surface area contributed by atoms with Crippen LogP contribution < -0.4 is 4.90 Å². The summed E-state index contributed by atoms with van der Waals surface area (Å²) < 4.78 is 0. The summed E-state index contributed by atoms with van der Waals surface area (Å²) in [6, 6.07) is 80.7. The van der Waals surface area contributed by atoms with Gasteiger partial charge in [0.1, 0.15) is 0 Å². The van der Waals surface area contributed by atoms with Gasteiger partial charge in [-0.15, -0.1) is 0 Å². The predicted octanol–water partition coefficient (Wildman–Crippen LogP) is 14.6. The number of benzene rings is 9. The van der Waals surface area contributed by atoms with Gasteiger partial charge in [0.15, 0.2) is 0 Å². The van der Waals surface area contributed by atoms with Crippen molar-refractivity contribution in [2.75, 3.05) is 4.90 Å². The fraction of sp³-hybridized carbons (Fsp3) is 0. The molecule has 53 heavy (non-hydrogen) atoms. The van der Waals surface area contributed by atoms with Crippen molar-refractivity contribution in [2.45, 2.75) is 0 Å². The minimum absolute atomic E-state index is 1.12. The van der Waals surface area contributed by atoms with Crippen molar-refractivity contribution in [3.63, 3.8) is 0 Å². The van der Waals surface area contributed by atoms with E-state index in [1.54, 1.807) is 0 Å². The van der Waals surface area contributed by atoms with E-state index in [2.05, 4.69) is 229 Å². The molecule has 0 aromatic heterocycles. The van der Waals surface area contributed by atoms with Crippen molar-refractivity contribution in [2.24, 2.45) is 0 Å². The summed E-state index contributed by atoms with van der Waals surface area (Å²) in [7, 11) is 0. The Bertz CT molecular complexity index is 2590. The van der Waals surface area contributed by atoms with Crippen LogP contribution in [0, 0.1) is 0 Å². The molecule has 0 heterocycles. The van der Waals surface area contributed by atoms with Crippen LogP contribution in [0.4, 0.5) is 17.1 Å². The van der Waals surface area contributed by atoms with Crippen molar-refractivity contribution in [3.05, 3.63) is 224 Å². The third kappa shape index (κ3) is 6.77. The van der Waals surface area contributed by atoms with E-state index in [-0.39, 0.29) is 0 Å². The third-order valence-electron chi connectivity index (χ3n) is 10.1. The molecular weight excluding hydrogens is 639 g/mol. The van der Waals surface area contributed by atoms with Gasteiger partial charge in [0.25, 0.3) is 0 Å². The minimum Gasteiger partial charge on any atom is -0.310 e. The quantitative estimate of drug-likeness (QED) is 0.155. The fourth-order valence-corrected chi connectivity index (χ4v) is 7.19. The lowest BCUT2D eigenvalue weighted by Crippen LogP contribution is -2.09. The van der Waals surface area contributed by atoms with Gasteiger partial charge in [0.2, 0.25) is 0 Å². The molecule has 9 rings (SSSR count). The first-order valence-corrected chi connectivity index (χ1v) is 18.2. The average Bonchev–Trinajstić information content (AvgIpc) is 3.25. The fourth-order valence-electron chi connectivity index (χ4n) is 7.19. The number of para-hydroxylation sites is 1. The molecule has 0 fully saturated rings. The maximum absolute atomic E-state index is 2.32. The van der Waals surface area contributed by atoms with Crippen molar-refractivity contribution in [3.8, 4) is 55.6 Å². The Hall–Kier alpha value is -6.96. The first-order valence-electron chi connectivity index (χ1n) is 18.2. The van der Waals surface area contributed by atoms with Crippen molar-refractivity contribution in [1.82, 2.24) is 0 Å². The summed E-state index contributed by atoms with van der Waals surface area (Å²) in [6.45, 7) is 0. The molecule has 1 nitrogen and oxygen atoms in total. The molecule has 0 bridgehead atoms. The highest BCUT2D eigenvalue weighted by molar-refractivity contribution is 5.89. The normalized spacial score (nSPS) is 11.0. The molecule has 0 amide bonds. The van der Waals surface area contributed by atoms with E-state index in [1.807, 2.05) is 0 Å². The summed E-state index contributed by atoms with van der Waals surface area (Å²) in [5.74, 6) is 0. The highest BCUT2D eigenvalue weighted by Crippen LogP contribution is 2.37. The van der Waals surface area contributed by atoms with Crippen LogP contribution in [0.5, 0.6) is 0 Å². The first-order chi connectivity index (χ1) is 26.2. The second kappa shape index (κ2) is 14.3. The van der Waals surface area contributed by atoms with E-state index >= 15 is 0 Å². The zero-order valence-electron chi connectivity index (χ0n) is 29.3. The van der Waals surface area contributed by atoms with Crippen LogP contribution in [-0.2, 0) is 0 Å². The molecule has 0 aliphatic rings. The van der Waals surface area contributed by atoms with Gasteiger partial charge in [-0.05, 0) is 103 Å². The van der Waals surface area contributed by atoms with E-state index in [4.69, 9.17) is 0 Å². The van der Waals surface area contributed by atoms with E-state index in [0.717, 1.165) is 17.1 Å². The van der Waals surface area contributed by atoms with Gasteiger partial charge in [-0.2, -0.15) is 0 Å². The molecule has 0 aliphatic carbocycles. The standard InChI is InChI=1S/C52H37N/c1-3-9-38(10-4-1)40-15-17-41(18-16-40)42-19-21-43(22-20-42)44-23-25-45(26-24-44)46-27-29-47(30-28-46)48-31-34-51(35-32-48)53(50-13-5-2-6-14-50)52-36-33-39-11-7-8-12-49(39)37-52/h1-37H. The Balaban J connectivity index is 0.898. The molecule has 0 aliphatic heterocycles. The van der Waals surface area contributed by atoms with Gasteiger partial charge in [-0.25, -0.2) is 0 Å². The van der Waals surface area contributed by atoms with Gasteiger partial charge < -0.3 is 4.90 Å². The zero-order chi connectivity index (χ0) is 35.4. The molecule has 0 atom stereocenters. The summed E-state index contributed by atoms with van der Waals surface area (Å²) in [6.07, 6.45) is 0. The second-order valence-corrected chi connectivity index (χ2v) is 13.4. The van der Waals surface area contributed by atoms with Crippen molar-refractivity contribution in [1.29, 1.82) is 0 Å². The molecule has 0 saturated carbocycles. The maximum Gasteiger partial charge on any atom is 0.0468 e. The Kier molecular flexibility index (Phi) is 8.66. The van der Waals surface area contributed by atoms with Crippen LogP contribution in [0.3, 0.4) is 0 Å². The lowest BCUT2D eigenvalue weighted by atomic mass is 9.96. The van der Waals surface area contributed by atoms with Crippen LogP contribution in [0.2, 0.25) is 0 Å². The Morgan fingerprint density at radius 2 is 0.472 bits per heavy atom. The predicted molar refractivity (Wildman–Crippen MR) is 226 cm³/mol. The monoisotopic (exact) mass is 675 g/mol. The summed E-state index contributed by atoms with van der Waals surface area (Å²) in [4.78, 5) is 2.32. The Labute approximate surface area is 311 Å². The van der Waals surface area contributed by atoms with Gasteiger partial charge in [0.05, 0.1) is 0 Å². The molecule has 0 spiro atoms. The number of nitrogens with zero attached hydrogens (tertiary/aromatic N) is 1. The van der Waals surface area contributed by atoms with Crippen LogP contribution in [0.15, 0.2) is 224 Å². The summed E-state index contributed by atoms with van der Waals surface area (Å²) in [5.41, 5.74) is 15.5. The third-order valence-corrected chi connectivity index (χ3v) is 10.1. The molecule has 9 aromatic rings. The van der Waals surface area contributed by atoms with Crippen LogP contribution in [0.1, 0.15) is 0 Å². The van der Waals surface area contributed by atoms with Crippen LogP contribution in [-0.4, -0.2) is 0 Å². The van der Waals surface area contributed by atoms with Gasteiger partial charge in [-0.3, -0.25) is 0 Å². The van der Waals surface area contributed by atoms with Crippen molar-refractivity contribution >= 4 is 27.8 Å². The van der Waals surface area contributed by atoms with E-state index in [1.165, 1.54) is 66.4 Å². The molecule has 9 aromatic carbocycles. The smallest absolute Gasteiger partial charge is 0.0468 e. The van der Waals surface area contributed by atoms with E-state index in [0.29, 0.717) is 0 Å². The summed E-state index contributed by atoms with van der Waals surface area (Å²) >= 11 is 0. The average molecular weight is 676 g/mol. The van der Waals surface area contributed by atoms with E-state index in [9.17, 15) is 0 Å². The van der Waals surface area contributed by atoms with Crippen LogP contribution >= 0.6 is 0 Å². The maximum atomic E-state index is 2.32. The first kappa shape index (κ1) is 32.0. The van der Waals surface area contributed by atoms with Gasteiger partial charge in [-0.1, -0.05) is 188 Å². The molecule has 1 heteroatoms. The number of fused-ring (bicyclic) bond motifs is 1. The summed E-state index contributed by atoms with van der Waals surface area (Å²) in [5, 5.41) is 2.47. The minimum atomic E-state index is 1.12. The number of rotatable bonds is 8. The number of anilines is 3. The second-order valence-electron chi connectivity index (χ2n) is 13.4. The Morgan fingerprint density at radius 1 is 0.189 bits per heavy atom. The lowest BCUT2D eigenvalue weighted by molar-refractivity contribution is 1.29. The topological polar surface area (TPSA) is 3.24 Å². The molecule has 250 valence electrons. The molecule has 0 radical (unpaired) electrons. The molecule has 0 saturated heterocycles. The van der Waals surface area contributed by atoms with Crippen molar-refractivity contribution < 1.29 is 0 Å². The molecule has 0 unspecified atom stereocenters. The highest BCUT2D eigenvalue weighted by Gasteiger charge is 2.13. The molecule has 0 N–H and O–H groups in total. The SMILES string of the molecule is c1ccc(-c2ccc(-c3ccc(-c4ccc(-c5ccc(-c6ccc(N(c7ccccc7)c7ccc8ccccc8c7)cc6)cc5)cc4)cc3)cc2)cc1. The Morgan fingerprint density at radius 3 is 0.887 bits per heavy atom. The van der Waals surface area contributed by atoms with Crippen LogP contribution in [0.25, 0.3) is 66.4 Å². The highest BCUT2D eigenvalue weighted by atomic mass is 15.1. The van der Waals surface area contributed by atoms with E-state index < -0.39 is 0 Å². The number of hydrogen-bond donors (Lipinski definition) is 0. The number of hydrogen-bond acceptors (Lipinski definition) is 1. The zero-order valence-corrected chi connectivity index (χ0v) is 29.3. The van der Waals surface area contributed by atoms with Gasteiger partial charge >= 0.3 is 0 Å². The molecular formula is C52H37N. The largest absolute Gasteiger partial charge is 0.310 e. The van der Waals surface area contributed by atoms with Gasteiger partial charge in [0, 0.05) is 17.1 Å².